The first-order valence-electron chi connectivity index (χ1n) is 9.46. The number of carbonyl (C=O) groups excluding carboxylic acids is 1. The van der Waals surface area contributed by atoms with E-state index >= 15 is 0 Å². The highest BCUT2D eigenvalue weighted by Gasteiger charge is 2.32. The van der Waals surface area contributed by atoms with Gasteiger partial charge < -0.3 is 10.8 Å². The van der Waals surface area contributed by atoms with Gasteiger partial charge in [0.1, 0.15) is 0 Å². The Morgan fingerprint density at radius 3 is 2.56 bits per heavy atom. The summed E-state index contributed by atoms with van der Waals surface area (Å²) in [7, 11) is -3.78. The summed E-state index contributed by atoms with van der Waals surface area (Å²) in [4.78, 5) is 22.8. The van der Waals surface area contributed by atoms with Crippen LogP contribution in [0.3, 0.4) is 0 Å². The molecule has 0 saturated carbocycles. The molecule has 27 heavy (non-hydrogen) atoms. The number of rotatable bonds is 5. The lowest BCUT2D eigenvalue weighted by molar-refractivity contribution is -0.119. The molecule has 1 aromatic carbocycles. The lowest BCUT2D eigenvalue weighted by Gasteiger charge is -2.25. The van der Waals surface area contributed by atoms with E-state index in [2.05, 4.69) is 0 Å². The molecule has 1 fully saturated rings. The van der Waals surface area contributed by atoms with Gasteiger partial charge in [0, 0.05) is 19.5 Å². The minimum atomic E-state index is -3.78. The van der Waals surface area contributed by atoms with Crippen molar-refractivity contribution in [2.24, 2.45) is 11.7 Å². The predicted molar refractivity (Wildman–Crippen MR) is 100.0 cm³/mol. The third-order valence-corrected chi connectivity index (χ3v) is 7.55. The number of carbonyl (C=O) groups is 2. The summed E-state index contributed by atoms with van der Waals surface area (Å²) in [6.45, 7) is 0.704. The van der Waals surface area contributed by atoms with Crippen LogP contribution >= 0.6 is 0 Å². The van der Waals surface area contributed by atoms with Crippen LogP contribution in [-0.4, -0.2) is 42.8 Å². The highest BCUT2D eigenvalue weighted by atomic mass is 32.2. The Morgan fingerprint density at radius 1 is 1.11 bits per heavy atom. The van der Waals surface area contributed by atoms with Gasteiger partial charge in [0.2, 0.25) is 15.9 Å². The molecule has 1 aromatic rings. The van der Waals surface area contributed by atoms with Crippen LogP contribution in [0.1, 0.15) is 60.0 Å². The lowest BCUT2D eigenvalue weighted by atomic mass is 9.90. The van der Waals surface area contributed by atoms with Gasteiger partial charge in [-0.05, 0) is 74.1 Å². The van der Waals surface area contributed by atoms with Crippen LogP contribution in [0.5, 0.6) is 0 Å². The summed E-state index contributed by atoms with van der Waals surface area (Å²) >= 11 is 0. The van der Waals surface area contributed by atoms with Gasteiger partial charge in [0.05, 0.1) is 10.5 Å². The maximum Gasteiger partial charge on any atom is 0.335 e. The van der Waals surface area contributed by atoms with Crippen LogP contribution in [-0.2, 0) is 27.7 Å². The number of benzene rings is 1. The second kappa shape index (κ2) is 7.98. The van der Waals surface area contributed by atoms with Crippen LogP contribution in [0, 0.1) is 5.92 Å². The molecule has 1 aliphatic carbocycles. The summed E-state index contributed by atoms with van der Waals surface area (Å²) in [5, 5.41) is 9.40. The quantitative estimate of drug-likeness (QED) is 0.791. The fraction of sp³-hybridized carbons (Fsp3) is 0.579. The van der Waals surface area contributed by atoms with E-state index in [9.17, 15) is 23.1 Å². The molecule has 1 unspecified atom stereocenters. The van der Waals surface area contributed by atoms with Gasteiger partial charge in [0.15, 0.2) is 0 Å². The number of aromatic carboxylic acids is 1. The number of amides is 1. The first-order chi connectivity index (χ1) is 12.8. The Kier molecular flexibility index (Phi) is 5.86. The monoisotopic (exact) mass is 394 g/mol. The highest BCUT2D eigenvalue weighted by molar-refractivity contribution is 7.89. The van der Waals surface area contributed by atoms with E-state index in [1.807, 2.05) is 0 Å². The molecule has 7 nitrogen and oxygen atoms in total. The normalized spacial score (nSPS) is 21.3. The van der Waals surface area contributed by atoms with E-state index in [1.54, 1.807) is 6.07 Å². The molecule has 1 atom stereocenters. The molecule has 0 radical (unpaired) electrons. The third kappa shape index (κ3) is 4.32. The van der Waals surface area contributed by atoms with Crippen molar-refractivity contribution in [2.75, 3.05) is 13.1 Å². The van der Waals surface area contributed by atoms with Gasteiger partial charge in [-0.3, -0.25) is 4.79 Å². The van der Waals surface area contributed by atoms with Crippen molar-refractivity contribution in [3.63, 3.8) is 0 Å². The number of nitrogens with zero attached hydrogens (tertiary/aromatic N) is 1. The van der Waals surface area contributed by atoms with Gasteiger partial charge in [-0.2, -0.15) is 4.31 Å². The Bertz CT molecular complexity index is 850. The van der Waals surface area contributed by atoms with Gasteiger partial charge >= 0.3 is 5.97 Å². The third-order valence-electron chi connectivity index (χ3n) is 5.59. The fourth-order valence-corrected chi connectivity index (χ4v) is 6.00. The molecule has 8 heteroatoms. The highest BCUT2D eigenvalue weighted by Crippen LogP contribution is 2.32. The van der Waals surface area contributed by atoms with Crippen molar-refractivity contribution >= 4 is 21.9 Å². The van der Waals surface area contributed by atoms with E-state index in [0.29, 0.717) is 38.8 Å². The number of fused-ring (bicyclic) bond motifs is 1. The summed E-state index contributed by atoms with van der Waals surface area (Å²) in [6, 6.07) is 2.93. The van der Waals surface area contributed by atoms with Crippen LogP contribution in [0.2, 0.25) is 0 Å². The second-order valence-electron chi connectivity index (χ2n) is 7.50. The van der Waals surface area contributed by atoms with E-state index in [-0.39, 0.29) is 28.7 Å². The zero-order valence-corrected chi connectivity index (χ0v) is 16.1. The molecule has 0 bridgehead atoms. The van der Waals surface area contributed by atoms with Crippen molar-refractivity contribution in [1.29, 1.82) is 0 Å². The van der Waals surface area contributed by atoms with E-state index in [4.69, 9.17) is 5.73 Å². The summed E-state index contributed by atoms with van der Waals surface area (Å²) in [5.74, 6) is -1.38. The number of aryl methyl sites for hydroxylation is 1. The second-order valence-corrected chi connectivity index (χ2v) is 9.40. The minimum absolute atomic E-state index is 0.0238. The first-order valence-corrected chi connectivity index (χ1v) is 10.9. The van der Waals surface area contributed by atoms with Crippen LogP contribution in [0.25, 0.3) is 0 Å². The summed E-state index contributed by atoms with van der Waals surface area (Å²) in [5.41, 5.74) is 6.91. The van der Waals surface area contributed by atoms with Gasteiger partial charge in [-0.1, -0.05) is 0 Å². The molecule has 1 amide bonds. The maximum absolute atomic E-state index is 13.4. The standard InChI is InChI=1S/C19H26N2O5S/c20-18(22)10-13-4-3-8-21(9-7-13)27(25,26)17-12-15(19(23)24)11-14-5-1-2-6-16(14)17/h11-13H,1-10H2,(H2,20,22)(H,23,24). The average molecular weight is 394 g/mol. The summed E-state index contributed by atoms with van der Waals surface area (Å²) < 4.78 is 28.2. The van der Waals surface area contributed by atoms with Crippen molar-refractivity contribution < 1.29 is 23.1 Å². The van der Waals surface area contributed by atoms with E-state index in [0.717, 1.165) is 30.4 Å². The Labute approximate surface area is 159 Å². The molecular formula is C19H26N2O5S. The molecule has 0 spiro atoms. The lowest BCUT2D eigenvalue weighted by Crippen LogP contribution is -2.33. The maximum atomic E-state index is 13.4. The first kappa shape index (κ1) is 19.8. The zero-order chi connectivity index (χ0) is 19.6. The van der Waals surface area contributed by atoms with Crippen molar-refractivity contribution in [3.05, 3.63) is 28.8 Å². The largest absolute Gasteiger partial charge is 0.478 e. The van der Waals surface area contributed by atoms with Crippen LogP contribution in [0.15, 0.2) is 17.0 Å². The van der Waals surface area contributed by atoms with Crippen molar-refractivity contribution in [2.45, 2.75) is 56.3 Å². The SMILES string of the molecule is NC(=O)CC1CCCN(S(=O)(=O)c2cc(C(=O)O)cc3c2CCCC3)CC1. The number of primary amides is 1. The molecule has 3 N–H and O–H groups in total. The smallest absolute Gasteiger partial charge is 0.335 e. The Hall–Kier alpha value is -1.93. The van der Waals surface area contributed by atoms with Crippen LogP contribution in [0.4, 0.5) is 0 Å². The van der Waals surface area contributed by atoms with Gasteiger partial charge in [-0.15, -0.1) is 0 Å². The zero-order valence-electron chi connectivity index (χ0n) is 15.3. The topological polar surface area (TPSA) is 118 Å². The molecule has 1 heterocycles. The van der Waals surface area contributed by atoms with Crippen molar-refractivity contribution in [1.82, 2.24) is 4.31 Å². The minimum Gasteiger partial charge on any atom is -0.478 e. The van der Waals surface area contributed by atoms with Gasteiger partial charge in [-0.25, -0.2) is 13.2 Å². The molecular weight excluding hydrogens is 368 g/mol. The number of carboxylic acid groups (broad SMARTS) is 1. The number of carboxylic acids is 1. The van der Waals surface area contributed by atoms with E-state index < -0.39 is 16.0 Å². The Morgan fingerprint density at radius 2 is 1.85 bits per heavy atom. The molecule has 3 rings (SSSR count). The number of hydrogen-bond acceptors (Lipinski definition) is 4. The van der Waals surface area contributed by atoms with E-state index in [1.165, 1.54) is 10.4 Å². The number of hydrogen-bond donors (Lipinski definition) is 2. The number of nitrogens with two attached hydrogens (primary N) is 1. The van der Waals surface area contributed by atoms with Crippen LogP contribution < -0.4 is 5.73 Å². The summed E-state index contributed by atoms with van der Waals surface area (Å²) in [6.07, 6.45) is 5.50. The fourth-order valence-electron chi connectivity index (χ4n) is 4.19. The predicted octanol–water partition coefficient (Wildman–Crippen LogP) is 1.93. The number of sulfonamides is 1. The average Bonchev–Trinajstić information content (AvgIpc) is 2.86. The molecule has 148 valence electrons. The Balaban J connectivity index is 1.93. The molecule has 1 aliphatic heterocycles. The molecule has 0 aromatic heterocycles. The molecule has 1 saturated heterocycles. The van der Waals surface area contributed by atoms with Gasteiger partial charge in [0.25, 0.3) is 0 Å². The van der Waals surface area contributed by atoms with Crippen molar-refractivity contribution in [3.8, 4) is 0 Å². The molecule has 2 aliphatic rings.